The molecule has 0 fully saturated rings. The van der Waals surface area contributed by atoms with E-state index in [1.54, 1.807) is 0 Å². The second-order valence-electron chi connectivity index (χ2n) is 17.9. The first-order chi connectivity index (χ1) is 34.7. The maximum absolute atomic E-state index is 6.68. The van der Waals surface area contributed by atoms with E-state index in [0.29, 0.717) is 17.5 Å². The van der Waals surface area contributed by atoms with Gasteiger partial charge in [-0.05, 0) is 83.9 Å². The molecule has 0 amide bonds. The highest BCUT2D eigenvalue weighted by Gasteiger charge is 2.22. The summed E-state index contributed by atoms with van der Waals surface area (Å²) in [5.74, 6) is 1.77. The Balaban J connectivity index is 0.924. The number of hydrogen-bond acceptors (Lipinski definition) is 5. The molecule has 0 atom stereocenters. The Kier molecular flexibility index (Phi) is 8.43. The van der Waals surface area contributed by atoms with Crippen LogP contribution in [0.1, 0.15) is 0 Å². The van der Waals surface area contributed by atoms with Crippen LogP contribution in [0.4, 0.5) is 0 Å². The molecule has 0 saturated carbocycles. The average Bonchev–Trinajstić information content (AvgIpc) is 4.19. The number of hydrogen-bond donors (Lipinski definition) is 0. The maximum atomic E-state index is 6.68. The fourth-order valence-electron chi connectivity index (χ4n) is 11.0. The van der Waals surface area contributed by atoms with E-state index < -0.39 is 0 Å². The Labute approximate surface area is 404 Å². The molecule has 0 saturated heterocycles. The van der Waals surface area contributed by atoms with E-state index in [-0.39, 0.29) is 0 Å². The van der Waals surface area contributed by atoms with Gasteiger partial charge in [-0.3, -0.25) is 0 Å². The van der Waals surface area contributed by atoms with Gasteiger partial charge in [-0.25, -0.2) is 15.0 Å². The van der Waals surface area contributed by atoms with Crippen LogP contribution in [-0.4, -0.2) is 24.1 Å². The average molecular weight is 912 g/mol. The summed E-state index contributed by atoms with van der Waals surface area (Å²) in [5.41, 5.74) is 13.4. The molecule has 7 heteroatoms. The first-order valence-electron chi connectivity index (χ1n) is 23.5. The third kappa shape index (κ3) is 5.82. The zero-order chi connectivity index (χ0) is 45.9. The molecule has 0 aliphatic heterocycles. The Morgan fingerprint density at radius 2 is 0.871 bits per heavy atom. The van der Waals surface area contributed by atoms with E-state index in [1.165, 1.54) is 64.0 Å². The SMILES string of the molecule is c1ccc(-c2nc(-c3cccc(-n4c5ccccc5c5ccccc54)c3)nc(-c3cccc4oc5ccc(-c6cccc7sc8cccc(-n9c%10ccccc%10c%10ccccc%109)c8c67)cc5c34)n2)cc1. The van der Waals surface area contributed by atoms with E-state index >= 15 is 0 Å². The molecule has 5 heterocycles. The highest BCUT2D eigenvalue weighted by molar-refractivity contribution is 7.26. The number of aromatic nitrogens is 5. The predicted octanol–water partition coefficient (Wildman–Crippen LogP) is 17.0. The van der Waals surface area contributed by atoms with E-state index in [2.05, 4.69) is 203 Å². The first-order valence-corrected chi connectivity index (χ1v) is 24.3. The molecule has 70 heavy (non-hydrogen) atoms. The van der Waals surface area contributed by atoms with E-state index in [9.17, 15) is 0 Å². The number of rotatable bonds is 6. The number of nitrogens with zero attached hydrogens (tertiary/aromatic N) is 5. The molecule has 15 rings (SSSR count). The summed E-state index contributed by atoms with van der Waals surface area (Å²) in [6, 6.07) is 79.6. The van der Waals surface area contributed by atoms with Crippen molar-refractivity contribution in [3.05, 3.63) is 224 Å². The molecular weight excluding hydrogens is 875 g/mol. The van der Waals surface area contributed by atoms with Crippen molar-refractivity contribution in [3.63, 3.8) is 0 Å². The van der Waals surface area contributed by atoms with Crippen molar-refractivity contribution in [3.8, 4) is 56.7 Å². The quantitative estimate of drug-likeness (QED) is 0.167. The van der Waals surface area contributed by atoms with Gasteiger partial charge in [0.2, 0.25) is 0 Å². The minimum atomic E-state index is 0.576. The van der Waals surface area contributed by atoms with Gasteiger partial charge >= 0.3 is 0 Å². The largest absolute Gasteiger partial charge is 0.456 e. The van der Waals surface area contributed by atoms with Crippen LogP contribution >= 0.6 is 11.3 Å². The summed E-state index contributed by atoms with van der Waals surface area (Å²) in [6.07, 6.45) is 0. The lowest BCUT2D eigenvalue weighted by Crippen LogP contribution is -2.01. The molecule has 0 aliphatic rings. The van der Waals surface area contributed by atoms with Gasteiger partial charge in [-0.1, -0.05) is 152 Å². The Morgan fingerprint density at radius 3 is 1.57 bits per heavy atom. The zero-order valence-electron chi connectivity index (χ0n) is 37.4. The zero-order valence-corrected chi connectivity index (χ0v) is 38.2. The lowest BCUT2D eigenvalue weighted by Gasteiger charge is -2.12. The lowest BCUT2D eigenvalue weighted by atomic mass is 9.96. The topological polar surface area (TPSA) is 61.7 Å². The van der Waals surface area contributed by atoms with E-state index in [0.717, 1.165) is 60.9 Å². The Morgan fingerprint density at radius 1 is 0.329 bits per heavy atom. The minimum absolute atomic E-state index is 0.576. The Hall–Kier alpha value is -9.17. The van der Waals surface area contributed by atoms with Crippen LogP contribution in [0.3, 0.4) is 0 Å². The van der Waals surface area contributed by atoms with Crippen molar-refractivity contribution >= 4 is 97.1 Å². The highest BCUT2D eigenvalue weighted by atomic mass is 32.1. The number of fused-ring (bicyclic) bond motifs is 12. The van der Waals surface area contributed by atoms with Crippen molar-refractivity contribution in [1.29, 1.82) is 0 Å². The maximum Gasteiger partial charge on any atom is 0.164 e. The molecular formula is C63H37N5OS. The fourth-order valence-corrected chi connectivity index (χ4v) is 12.1. The molecule has 15 aromatic rings. The molecule has 0 unspecified atom stereocenters. The molecule has 0 bridgehead atoms. The third-order valence-electron chi connectivity index (χ3n) is 14.0. The van der Waals surface area contributed by atoms with E-state index in [1.807, 2.05) is 41.7 Å². The van der Waals surface area contributed by atoms with Gasteiger partial charge in [0.1, 0.15) is 11.2 Å². The van der Waals surface area contributed by atoms with Crippen LogP contribution in [-0.2, 0) is 0 Å². The van der Waals surface area contributed by atoms with Gasteiger partial charge in [0.25, 0.3) is 0 Å². The Bertz CT molecular complexity index is 4510. The van der Waals surface area contributed by atoms with Gasteiger partial charge < -0.3 is 13.6 Å². The van der Waals surface area contributed by atoms with Crippen LogP contribution in [0.5, 0.6) is 0 Å². The van der Waals surface area contributed by atoms with Crippen molar-refractivity contribution < 1.29 is 4.42 Å². The molecule has 0 spiro atoms. The van der Waals surface area contributed by atoms with Crippen LogP contribution in [0.15, 0.2) is 229 Å². The molecule has 326 valence electrons. The normalized spacial score (nSPS) is 12.0. The molecule has 10 aromatic carbocycles. The van der Waals surface area contributed by atoms with Gasteiger partial charge in [-0.2, -0.15) is 0 Å². The van der Waals surface area contributed by atoms with Crippen molar-refractivity contribution in [2.24, 2.45) is 0 Å². The monoisotopic (exact) mass is 911 g/mol. The molecule has 5 aromatic heterocycles. The number of furan rings is 1. The highest BCUT2D eigenvalue weighted by Crippen LogP contribution is 2.46. The van der Waals surface area contributed by atoms with Gasteiger partial charge in [0.05, 0.1) is 27.8 Å². The van der Waals surface area contributed by atoms with Crippen LogP contribution in [0.25, 0.3) is 142 Å². The predicted molar refractivity (Wildman–Crippen MR) is 290 cm³/mol. The molecule has 6 nitrogen and oxygen atoms in total. The lowest BCUT2D eigenvalue weighted by molar-refractivity contribution is 0.669. The van der Waals surface area contributed by atoms with Gasteiger partial charge in [-0.15, -0.1) is 11.3 Å². The second kappa shape index (κ2) is 15.2. The summed E-state index contributed by atoms with van der Waals surface area (Å²) in [7, 11) is 0. The number of thiophene rings is 1. The minimum Gasteiger partial charge on any atom is -0.456 e. The molecule has 0 N–H and O–H groups in total. The summed E-state index contributed by atoms with van der Waals surface area (Å²) in [6.45, 7) is 0. The second-order valence-corrected chi connectivity index (χ2v) is 19.0. The standard InChI is InChI=1S/C63H37N5OS/c1-2-16-38(17-3-1)61-64-62(40-18-12-19-41(36-40)67-49-26-8-4-20-43(49)44-21-5-9-27-50(44)67)66-63(65-61)47-25-13-31-55-58(47)48-37-39(34-35-54(48)69-55)42-24-14-32-56-59(42)60-53(30-15-33-57(60)70-56)68-51-28-10-6-22-45(51)46-23-7-11-29-52(46)68/h1-37H. The summed E-state index contributed by atoms with van der Waals surface area (Å²) >= 11 is 1.84. The fraction of sp³-hybridized carbons (Fsp3) is 0. The summed E-state index contributed by atoms with van der Waals surface area (Å²) < 4.78 is 13.9. The van der Waals surface area contributed by atoms with Crippen molar-refractivity contribution in [2.45, 2.75) is 0 Å². The van der Waals surface area contributed by atoms with E-state index in [4.69, 9.17) is 19.4 Å². The van der Waals surface area contributed by atoms with Crippen molar-refractivity contribution in [1.82, 2.24) is 24.1 Å². The van der Waals surface area contributed by atoms with Crippen LogP contribution in [0, 0.1) is 0 Å². The molecule has 0 radical (unpaired) electrons. The summed E-state index contributed by atoms with van der Waals surface area (Å²) in [5, 5.41) is 9.37. The molecule has 0 aliphatic carbocycles. The van der Waals surface area contributed by atoms with Crippen LogP contribution < -0.4 is 0 Å². The summed E-state index contributed by atoms with van der Waals surface area (Å²) in [4.78, 5) is 15.8. The first kappa shape index (κ1) is 38.9. The van der Waals surface area contributed by atoms with Crippen molar-refractivity contribution in [2.75, 3.05) is 0 Å². The van der Waals surface area contributed by atoms with Gasteiger partial charge in [0, 0.05) is 74.9 Å². The smallest absolute Gasteiger partial charge is 0.164 e. The third-order valence-corrected chi connectivity index (χ3v) is 15.1. The van der Waals surface area contributed by atoms with Crippen LogP contribution in [0.2, 0.25) is 0 Å². The van der Waals surface area contributed by atoms with Gasteiger partial charge in [0.15, 0.2) is 17.5 Å². The number of para-hydroxylation sites is 4. The number of benzene rings is 10.